The Labute approximate surface area is 336 Å². The molecule has 4 N–H and O–H groups in total. The van der Waals surface area contributed by atoms with Crippen molar-refractivity contribution in [1.82, 2.24) is 10.6 Å². The molecule has 2 amide bonds. The smallest absolute Gasteiger partial charge is 0.328 e. The number of carbonyl (C=O) groups excluding carboxylic acids is 3. The van der Waals surface area contributed by atoms with Crippen molar-refractivity contribution >= 4 is 23.8 Å². The van der Waals surface area contributed by atoms with Crippen LogP contribution in [-0.4, -0.2) is 59.3 Å². The summed E-state index contributed by atoms with van der Waals surface area (Å²) in [5.74, 6) is -2.31. The first kappa shape index (κ1) is 52.1. The summed E-state index contributed by atoms with van der Waals surface area (Å²) in [4.78, 5) is 47.4. The van der Waals surface area contributed by atoms with E-state index in [-0.39, 0.29) is 24.5 Å². The first-order valence-electron chi connectivity index (χ1n) is 22.4. The first-order valence-corrected chi connectivity index (χ1v) is 22.4. The molecule has 0 rings (SSSR count). The quantitative estimate of drug-likeness (QED) is 0.0276. The molecule has 0 aliphatic heterocycles. The van der Waals surface area contributed by atoms with Crippen LogP contribution in [0.5, 0.6) is 0 Å². The number of hydrogen-bond donors (Lipinski definition) is 4. The summed E-state index contributed by atoms with van der Waals surface area (Å²) in [6, 6.07) is -1.38. The van der Waals surface area contributed by atoms with Gasteiger partial charge in [0, 0.05) is 12.8 Å². The van der Waals surface area contributed by atoms with Crippen molar-refractivity contribution in [3.05, 3.63) is 36.5 Å². The summed E-state index contributed by atoms with van der Waals surface area (Å²) in [5, 5.41) is 22.5. The number of nitrogens with one attached hydrogen (secondary N) is 2. The van der Waals surface area contributed by atoms with Crippen molar-refractivity contribution in [2.45, 2.75) is 219 Å². The largest absolute Gasteiger partial charge is 0.480 e. The van der Waals surface area contributed by atoms with E-state index >= 15 is 0 Å². The highest BCUT2D eigenvalue weighted by Gasteiger charge is 2.19. The number of aliphatic hydroxyl groups excluding tert-OH is 1. The van der Waals surface area contributed by atoms with Crippen LogP contribution in [-0.2, 0) is 23.9 Å². The Kier molecular flexibility index (Phi) is 38.5. The van der Waals surface area contributed by atoms with Crippen LogP contribution >= 0.6 is 0 Å². The number of esters is 1. The predicted octanol–water partition coefficient (Wildman–Crippen LogP) is 11.0. The average molecular weight is 775 g/mol. The van der Waals surface area contributed by atoms with Gasteiger partial charge in [0.2, 0.25) is 11.8 Å². The van der Waals surface area contributed by atoms with Crippen molar-refractivity contribution in [1.29, 1.82) is 0 Å². The van der Waals surface area contributed by atoms with Gasteiger partial charge in [0.05, 0.1) is 13.2 Å². The molecule has 0 aromatic heterocycles. The van der Waals surface area contributed by atoms with Gasteiger partial charge in [-0.15, -0.1) is 0 Å². The molecule has 0 spiro atoms. The third-order valence-corrected chi connectivity index (χ3v) is 9.89. The van der Waals surface area contributed by atoms with Gasteiger partial charge in [-0.1, -0.05) is 153 Å². The third kappa shape index (κ3) is 37.7. The Morgan fingerprint density at radius 3 is 1.47 bits per heavy atom. The molecule has 9 heteroatoms. The van der Waals surface area contributed by atoms with Gasteiger partial charge in [-0.05, 0) is 77.0 Å². The molecule has 0 saturated carbocycles. The van der Waals surface area contributed by atoms with Gasteiger partial charge in [0.15, 0.2) is 0 Å². The number of carboxylic acid groups (broad SMARTS) is 1. The molecule has 55 heavy (non-hydrogen) atoms. The van der Waals surface area contributed by atoms with Crippen LogP contribution in [0, 0.1) is 0 Å². The number of hydrogen-bond acceptors (Lipinski definition) is 6. The standard InChI is InChI=1S/C46H82N2O7/c1-3-5-7-9-11-12-13-14-15-16-17-18-19-20-21-22-23-24-25-30-34-38-45(52)55-41(35-31-27-10-8-6-4-2)36-32-28-26-29-33-37-43(50)47-39-44(51)48-42(40-49)46(53)54/h13-14,16-17,19-20,41-42,49H,3-12,15,18,21-40H2,1-2H3,(H,47,50)(H,48,51)(H,53,54)/b14-13-,17-16-,20-19-. The molecule has 2 atom stereocenters. The van der Waals surface area contributed by atoms with Crippen LogP contribution in [0.15, 0.2) is 36.5 Å². The second kappa shape index (κ2) is 40.7. The molecule has 2 unspecified atom stereocenters. The summed E-state index contributed by atoms with van der Waals surface area (Å²) in [6.45, 7) is 3.45. The minimum Gasteiger partial charge on any atom is -0.480 e. The monoisotopic (exact) mass is 775 g/mol. The maximum Gasteiger partial charge on any atom is 0.328 e. The van der Waals surface area contributed by atoms with E-state index in [0.29, 0.717) is 19.3 Å². The second-order valence-electron chi connectivity index (χ2n) is 15.1. The summed E-state index contributed by atoms with van der Waals surface area (Å²) >= 11 is 0. The molecule has 9 nitrogen and oxygen atoms in total. The Hall–Kier alpha value is -2.94. The number of amides is 2. The van der Waals surface area contributed by atoms with Crippen molar-refractivity contribution in [2.24, 2.45) is 0 Å². The number of allylic oxidation sites excluding steroid dienone is 6. The molecule has 0 bridgehead atoms. The third-order valence-electron chi connectivity index (χ3n) is 9.89. The molecule has 0 aromatic carbocycles. The zero-order valence-corrected chi connectivity index (χ0v) is 35.2. The van der Waals surface area contributed by atoms with Gasteiger partial charge in [0.1, 0.15) is 12.1 Å². The Morgan fingerprint density at radius 2 is 0.982 bits per heavy atom. The van der Waals surface area contributed by atoms with Crippen LogP contribution < -0.4 is 10.6 Å². The summed E-state index contributed by atoms with van der Waals surface area (Å²) in [7, 11) is 0. The van der Waals surface area contributed by atoms with E-state index in [2.05, 4.69) is 60.9 Å². The van der Waals surface area contributed by atoms with Crippen LogP contribution in [0.4, 0.5) is 0 Å². The fourth-order valence-corrected chi connectivity index (χ4v) is 6.43. The van der Waals surface area contributed by atoms with E-state index in [1.54, 1.807) is 0 Å². The van der Waals surface area contributed by atoms with E-state index < -0.39 is 24.5 Å². The van der Waals surface area contributed by atoms with E-state index in [1.165, 1.54) is 96.3 Å². The lowest BCUT2D eigenvalue weighted by Crippen LogP contribution is -2.47. The fraction of sp³-hybridized carbons (Fsp3) is 0.783. The number of unbranched alkanes of at least 4 members (excludes halogenated alkanes) is 20. The Bertz CT molecular complexity index is 1030. The number of rotatable bonds is 40. The molecule has 0 fully saturated rings. The van der Waals surface area contributed by atoms with Crippen LogP contribution in [0.1, 0.15) is 206 Å². The van der Waals surface area contributed by atoms with Gasteiger partial charge in [0.25, 0.3) is 0 Å². The molecule has 0 saturated heterocycles. The van der Waals surface area contributed by atoms with Gasteiger partial charge in [-0.3, -0.25) is 14.4 Å². The predicted molar refractivity (Wildman–Crippen MR) is 227 cm³/mol. The number of carboxylic acids is 1. The lowest BCUT2D eigenvalue weighted by Gasteiger charge is -2.18. The van der Waals surface area contributed by atoms with Crippen molar-refractivity contribution in [3.63, 3.8) is 0 Å². The average Bonchev–Trinajstić information content (AvgIpc) is 3.17. The van der Waals surface area contributed by atoms with Gasteiger partial charge in [-0.2, -0.15) is 0 Å². The minimum absolute atomic E-state index is 0.0163. The molecule has 0 aliphatic carbocycles. The van der Waals surface area contributed by atoms with E-state index in [9.17, 15) is 19.2 Å². The molecule has 0 aromatic rings. The molecular formula is C46H82N2O7. The Balaban J connectivity index is 4.08. The lowest BCUT2D eigenvalue weighted by atomic mass is 10.0. The highest BCUT2D eigenvalue weighted by molar-refractivity contribution is 5.87. The maximum atomic E-state index is 12.7. The van der Waals surface area contributed by atoms with Crippen molar-refractivity contribution in [3.8, 4) is 0 Å². The molecule has 0 heterocycles. The van der Waals surface area contributed by atoms with Gasteiger partial charge >= 0.3 is 11.9 Å². The molecule has 0 aliphatic rings. The zero-order valence-electron chi connectivity index (χ0n) is 35.2. The van der Waals surface area contributed by atoms with Gasteiger partial charge in [-0.25, -0.2) is 4.79 Å². The highest BCUT2D eigenvalue weighted by Crippen LogP contribution is 2.18. The number of carbonyl (C=O) groups is 4. The molecule has 0 radical (unpaired) electrons. The highest BCUT2D eigenvalue weighted by atomic mass is 16.5. The summed E-state index contributed by atoms with van der Waals surface area (Å²) in [6.07, 6.45) is 46.1. The van der Waals surface area contributed by atoms with Gasteiger partial charge < -0.3 is 25.6 Å². The normalized spacial score (nSPS) is 12.8. The fourth-order valence-electron chi connectivity index (χ4n) is 6.43. The van der Waals surface area contributed by atoms with Crippen molar-refractivity contribution < 1.29 is 34.1 Å². The van der Waals surface area contributed by atoms with Crippen molar-refractivity contribution in [2.75, 3.05) is 13.2 Å². The molecular weight excluding hydrogens is 693 g/mol. The number of ether oxygens (including phenoxy) is 1. The zero-order chi connectivity index (χ0) is 40.5. The number of aliphatic carboxylic acids is 1. The molecule has 318 valence electrons. The van der Waals surface area contributed by atoms with Crippen LogP contribution in [0.25, 0.3) is 0 Å². The topological polar surface area (TPSA) is 142 Å². The number of aliphatic hydroxyl groups is 1. The summed E-state index contributed by atoms with van der Waals surface area (Å²) < 4.78 is 5.99. The van der Waals surface area contributed by atoms with E-state index in [0.717, 1.165) is 77.0 Å². The second-order valence-corrected chi connectivity index (χ2v) is 15.1. The maximum absolute atomic E-state index is 12.7. The lowest BCUT2D eigenvalue weighted by molar-refractivity contribution is -0.150. The van der Waals surface area contributed by atoms with Crippen LogP contribution in [0.2, 0.25) is 0 Å². The minimum atomic E-state index is -1.38. The van der Waals surface area contributed by atoms with Crippen LogP contribution in [0.3, 0.4) is 0 Å². The first-order chi connectivity index (χ1) is 26.8. The van der Waals surface area contributed by atoms with E-state index in [1.807, 2.05) is 0 Å². The SMILES string of the molecule is CCCCCCC/C=C\C/C=C\C/C=C\CCCCCCCCC(=O)OC(CCCCCCCC)CCCCCCCC(=O)NCC(=O)NC(CO)C(=O)O. The Morgan fingerprint density at radius 1 is 0.545 bits per heavy atom. The summed E-state index contributed by atoms with van der Waals surface area (Å²) in [5.41, 5.74) is 0. The van der Waals surface area contributed by atoms with E-state index in [4.69, 9.17) is 14.9 Å².